The van der Waals surface area contributed by atoms with Crippen LogP contribution in [-0.4, -0.2) is 88.1 Å². The van der Waals surface area contributed by atoms with Crippen LogP contribution in [0.5, 0.6) is 0 Å². The highest BCUT2D eigenvalue weighted by Crippen LogP contribution is 2.59. The fourth-order valence-corrected chi connectivity index (χ4v) is 8.75. The minimum atomic E-state index is -3.40. The molecule has 1 amide bonds. The normalized spacial score (nSPS) is 25.7. The van der Waals surface area contributed by atoms with Gasteiger partial charge in [-0.05, 0) is 54.7 Å². The molecule has 1 N–H and O–H groups in total. The molecule has 0 bridgehead atoms. The summed E-state index contributed by atoms with van der Waals surface area (Å²) in [5.41, 5.74) is 0.666. The average Bonchev–Trinajstić information content (AvgIpc) is 3.48. The van der Waals surface area contributed by atoms with Crippen LogP contribution in [0, 0.1) is 22.7 Å². The monoisotopic (exact) mass is 687 g/mol. The number of anilines is 1. The molecule has 1 spiro atoms. The molecular weight excluding hydrogens is 650 g/mol. The Bertz CT molecular complexity index is 1490. The Morgan fingerprint density at radius 2 is 1.87 bits per heavy atom. The number of nitrogens with one attached hydrogen (secondary N) is 1. The summed E-state index contributed by atoms with van der Waals surface area (Å²) in [4.78, 5) is 22.1. The van der Waals surface area contributed by atoms with Crippen LogP contribution < -0.4 is 10.2 Å². The number of hydrogen-bond acceptors (Lipinski definition) is 10. The molecule has 2 saturated carbocycles. The third-order valence-corrected chi connectivity index (χ3v) is 11.9. The molecule has 16 heteroatoms. The van der Waals surface area contributed by atoms with Crippen LogP contribution in [0.15, 0.2) is 35.4 Å². The van der Waals surface area contributed by atoms with Crippen LogP contribution in [0.2, 0.25) is 0 Å². The standard InChI is InChI=1S/C30H37F4N5O5S2/c1-2-46(41,42)23-5-3-20(4-6-23)24(7-8-35)37-26(40)25-15-36-29(45-25)39-10-9-38(17-21(39)18-43-27(31)32)16-19-11-30(12-19)13-22(14-30)44-28(33)34/h3-6,15,19,21-22,24,27-28H,2,7,9-14,16-18H2,1H3,(H,37,40)/t19?,21-,22?,24-,30?/m0/s1. The first-order chi connectivity index (χ1) is 21.9. The van der Waals surface area contributed by atoms with Crippen LogP contribution in [0.3, 0.4) is 0 Å². The van der Waals surface area contributed by atoms with Crippen LogP contribution >= 0.6 is 11.3 Å². The first-order valence-corrected chi connectivity index (χ1v) is 17.7. The molecule has 10 nitrogen and oxygen atoms in total. The second-order valence-corrected chi connectivity index (χ2v) is 15.6. The Labute approximate surface area is 269 Å². The number of halogens is 4. The van der Waals surface area contributed by atoms with E-state index in [0.29, 0.717) is 49.1 Å². The molecule has 3 fully saturated rings. The van der Waals surface area contributed by atoms with Gasteiger partial charge in [0, 0.05) is 26.2 Å². The Hall–Kier alpha value is -2.84. The zero-order chi connectivity index (χ0) is 33.1. The predicted octanol–water partition coefficient (Wildman–Crippen LogP) is 4.85. The van der Waals surface area contributed by atoms with Crippen LogP contribution in [0.1, 0.15) is 60.3 Å². The summed E-state index contributed by atoms with van der Waals surface area (Å²) in [6.45, 7) is -1.99. The van der Waals surface area contributed by atoms with E-state index in [2.05, 4.69) is 19.9 Å². The predicted molar refractivity (Wildman–Crippen MR) is 162 cm³/mol. The van der Waals surface area contributed by atoms with Gasteiger partial charge in [0.2, 0.25) is 0 Å². The summed E-state index contributed by atoms with van der Waals surface area (Å²) >= 11 is 1.11. The highest BCUT2D eigenvalue weighted by molar-refractivity contribution is 7.91. The van der Waals surface area contributed by atoms with E-state index in [1.165, 1.54) is 18.3 Å². The van der Waals surface area contributed by atoms with Gasteiger partial charge in [0.1, 0.15) is 4.88 Å². The van der Waals surface area contributed by atoms with Gasteiger partial charge in [0.15, 0.2) is 15.0 Å². The smallest absolute Gasteiger partial charge is 0.343 e. The third-order valence-electron chi connectivity index (χ3n) is 9.14. The number of rotatable bonds is 14. The maximum Gasteiger partial charge on any atom is 0.345 e. The van der Waals surface area contributed by atoms with E-state index < -0.39 is 41.1 Å². The number of piperazine rings is 1. The van der Waals surface area contributed by atoms with Crippen molar-refractivity contribution in [2.45, 2.75) is 75.3 Å². The first kappa shape index (κ1) is 34.5. The number of thiazole rings is 1. The van der Waals surface area contributed by atoms with Gasteiger partial charge < -0.3 is 19.7 Å². The van der Waals surface area contributed by atoms with E-state index in [-0.39, 0.29) is 40.1 Å². The second-order valence-electron chi connectivity index (χ2n) is 12.3. The minimum Gasteiger partial charge on any atom is -0.343 e. The molecular formula is C30H37F4N5O5S2. The lowest BCUT2D eigenvalue weighted by atomic mass is 9.50. The van der Waals surface area contributed by atoms with Crippen molar-refractivity contribution >= 4 is 32.2 Å². The number of alkyl halides is 4. The number of nitriles is 1. The third kappa shape index (κ3) is 8.17. The van der Waals surface area contributed by atoms with E-state index in [1.54, 1.807) is 19.1 Å². The van der Waals surface area contributed by atoms with Crippen molar-refractivity contribution in [3.63, 3.8) is 0 Å². The van der Waals surface area contributed by atoms with Crippen molar-refractivity contribution in [1.29, 1.82) is 5.26 Å². The fraction of sp³-hybridized carbons (Fsp3) is 0.633. The van der Waals surface area contributed by atoms with Crippen molar-refractivity contribution in [2.24, 2.45) is 11.3 Å². The van der Waals surface area contributed by atoms with E-state index in [1.807, 2.05) is 11.0 Å². The van der Waals surface area contributed by atoms with Gasteiger partial charge in [-0.1, -0.05) is 30.4 Å². The largest absolute Gasteiger partial charge is 0.345 e. The lowest BCUT2D eigenvalue weighted by molar-refractivity contribution is -0.227. The summed E-state index contributed by atoms with van der Waals surface area (Å²) in [6, 6.07) is 6.97. The molecule has 2 atom stereocenters. The molecule has 0 unspecified atom stereocenters. The van der Waals surface area contributed by atoms with E-state index in [4.69, 9.17) is 4.74 Å². The zero-order valence-electron chi connectivity index (χ0n) is 25.3. The van der Waals surface area contributed by atoms with Gasteiger partial charge in [-0.25, -0.2) is 13.4 Å². The van der Waals surface area contributed by atoms with Gasteiger partial charge in [0.25, 0.3) is 5.91 Å². The van der Waals surface area contributed by atoms with Crippen molar-refractivity contribution in [3.8, 4) is 6.07 Å². The number of carbonyl (C=O) groups excluding carboxylic acids is 1. The van der Waals surface area contributed by atoms with E-state index >= 15 is 0 Å². The Morgan fingerprint density at radius 1 is 1.15 bits per heavy atom. The molecule has 2 aliphatic carbocycles. The molecule has 1 saturated heterocycles. The zero-order valence-corrected chi connectivity index (χ0v) is 26.9. The number of aromatic nitrogens is 1. The van der Waals surface area contributed by atoms with Gasteiger partial charge in [-0.3, -0.25) is 9.69 Å². The highest BCUT2D eigenvalue weighted by Gasteiger charge is 2.54. The average molecular weight is 688 g/mol. The highest BCUT2D eigenvalue weighted by atomic mass is 32.2. The molecule has 2 heterocycles. The molecule has 1 aromatic carbocycles. The molecule has 1 aromatic heterocycles. The molecule has 0 radical (unpaired) electrons. The van der Waals surface area contributed by atoms with Gasteiger partial charge in [-0.15, -0.1) is 0 Å². The number of carbonyl (C=O) groups is 1. The summed E-state index contributed by atoms with van der Waals surface area (Å²) < 4.78 is 84.6. The number of ether oxygens (including phenoxy) is 2. The number of sulfone groups is 1. The Balaban J connectivity index is 1.19. The van der Waals surface area contributed by atoms with Crippen LogP contribution in [0.4, 0.5) is 22.7 Å². The molecule has 46 heavy (non-hydrogen) atoms. The first-order valence-electron chi connectivity index (χ1n) is 15.2. The van der Waals surface area contributed by atoms with Crippen molar-refractivity contribution in [3.05, 3.63) is 40.9 Å². The van der Waals surface area contributed by atoms with Gasteiger partial charge in [0.05, 0.1) is 54.1 Å². The Morgan fingerprint density at radius 3 is 2.50 bits per heavy atom. The quantitative estimate of drug-likeness (QED) is 0.278. The van der Waals surface area contributed by atoms with Crippen LogP contribution in [-0.2, 0) is 19.3 Å². The van der Waals surface area contributed by atoms with Crippen molar-refractivity contribution in [1.82, 2.24) is 15.2 Å². The SMILES string of the molecule is CCS(=O)(=O)c1ccc([C@H](CC#N)NC(=O)c2cnc(N3CCN(CC4CC5(C4)CC(OC(F)F)C5)C[C@H]3COC(F)F)s2)cc1. The lowest BCUT2D eigenvalue weighted by Gasteiger charge is -2.58. The fourth-order valence-electron chi connectivity index (χ4n) is 6.95. The van der Waals surface area contributed by atoms with E-state index in [9.17, 15) is 36.0 Å². The molecule has 5 rings (SSSR count). The maximum atomic E-state index is 13.2. The molecule has 3 aliphatic rings. The number of benzene rings is 1. The van der Waals surface area contributed by atoms with Gasteiger partial charge in [-0.2, -0.15) is 22.8 Å². The molecule has 252 valence electrons. The van der Waals surface area contributed by atoms with Crippen molar-refractivity contribution in [2.75, 3.05) is 43.4 Å². The summed E-state index contributed by atoms with van der Waals surface area (Å²) in [6.07, 6.45) is 4.17. The molecule has 2 aromatic rings. The van der Waals surface area contributed by atoms with Gasteiger partial charge >= 0.3 is 13.2 Å². The Kier molecular flexibility index (Phi) is 10.9. The summed E-state index contributed by atoms with van der Waals surface area (Å²) in [5.74, 6) is -0.114. The second kappa shape index (κ2) is 14.5. The van der Waals surface area contributed by atoms with E-state index in [0.717, 1.165) is 30.7 Å². The number of hydrogen-bond donors (Lipinski definition) is 1. The number of amides is 1. The van der Waals surface area contributed by atoms with Crippen molar-refractivity contribution < 1.29 is 40.2 Å². The summed E-state index contributed by atoms with van der Waals surface area (Å²) in [7, 11) is -3.40. The summed E-state index contributed by atoms with van der Waals surface area (Å²) in [5, 5.41) is 12.7. The topological polar surface area (TPSA) is 125 Å². The lowest BCUT2D eigenvalue weighted by Crippen LogP contribution is -2.58. The minimum absolute atomic E-state index is 0.0432. The number of nitrogens with zero attached hydrogens (tertiary/aromatic N) is 4. The molecule has 1 aliphatic heterocycles. The maximum absolute atomic E-state index is 13.2. The van der Waals surface area contributed by atoms with Crippen LogP contribution in [0.25, 0.3) is 0 Å².